The SMILES string of the molecule is C=CC(=O)N1CC(Nc2ncnc3[nH]cc([C@@H]4CC4(C)F)c23)CC[C@H]1CC.C=CC(=O)N1C[C@@H](Nc2ncnc3[nH]cc([C@@H]4CC4(C)F)c23)CC[C@H]1C(C)C.C=CC(=O)N1C[C@@H](Nc2ncnc3[nH]cc([C@H]4CC4(C)F)c23)CC[C@H]1CC.C=CC(=O)N1C[C@H](Nc2ncnc3[nH]cc([C@@H]4CC4(C)F)c23)CC[C@@H]1CC.C=CC(=O)N1C[C@H](Nc2ncnc3[nH]cc([C@H]4CC4(C)F)c23)CC[C@@H]1CC. The van der Waals surface area contributed by atoms with Crippen molar-refractivity contribution in [1.82, 2.24) is 99.3 Å². The third-order valence-electron chi connectivity index (χ3n) is 30.3. The van der Waals surface area contributed by atoms with E-state index < -0.39 is 28.3 Å². The van der Waals surface area contributed by atoms with E-state index in [2.05, 4.69) is 176 Å². The number of carbonyl (C=O) groups is 5. The number of H-pyrrole nitrogens is 5. The van der Waals surface area contributed by atoms with E-state index in [-0.39, 0.29) is 120 Å². The van der Waals surface area contributed by atoms with Crippen molar-refractivity contribution in [3.8, 4) is 0 Å². The number of fused-ring (bicyclic) bond motifs is 5. The molecule has 5 saturated heterocycles. The fraction of sp³-hybridized carbons (Fsp3) is 0.554. The first-order valence-corrected chi connectivity index (χ1v) is 48.6. The summed E-state index contributed by atoms with van der Waals surface area (Å²) in [6.45, 7) is 42.1. The molecular weight excluding hydrogens is 1740 g/mol. The molecule has 30 nitrogen and oxygen atoms in total. The largest absolute Gasteiger partial charge is 0.365 e. The van der Waals surface area contributed by atoms with E-state index >= 15 is 0 Å². The van der Waals surface area contributed by atoms with Crippen LogP contribution in [0.15, 0.2) is 126 Å². The summed E-state index contributed by atoms with van der Waals surface area (Å²) in [6, 6.07) is 1.66. The van der Waals surface area contributed by atoms with Crippen LogP contribution < -0.4 is 26.6 Å². The van der Waals surface area contributed by atoms with Crippen LogP contribution in [-0.4, -0.2) is 250 Å². The molecule has 20 rings (SSSR count). The topological polar surface area (TPSA) is 370 Å². The Labute approximate surface area is 790 Å². The molecule has 0 bridgehead atoms. The second kappa shape index (κ2) is 39.5. The second-order valence-electron chi connectivity index (χ2n) is 40.2. The molecule has 10 fully saturated rings. The van der Waals surface area contributed by atoms with Crippen LogP contribution in [-0.2, 0) is 24.0 Å². The first-order valence-electron chi connectivity index (χ1n) is 48.6. The molecule has 0 radical (unpaired) electrons. The van der Waals surface area contributed by atoms with Gasteiger partial charge in [-0.15, -0.1) is 0 Å². The average molecular weight is 1870 g/mol. The van der Waals surface area contributed by atoms with Gasteiger partial charge in [-0.2, -0.15) is 0 Å². The van der Waals surface area contributed by atoms with Gasteiger partial charge in [0.1, 0.15) is 117 Å². The van der Waals surface area contributed by atoms with Crippen molar-refractivity contribution >= 4 is 114 Å². The maximum atomic E-state index is 14.3. The highest BCUT2D eigenvalue weighted by atomic mass is 19.2. The van der Waals surface area contributed by atoms with Crippen molar-refractivity contribution in [2.75, 3.05) is 59.3 Å². The monoisotopic (exact) mass is 1870 g/mol. The van der Waals surface area contributed by atoms with Gasteiger partial charge < -0.3 is 76.0 Å². The van der Waals surface area contributed by atoms with Crippen molar-refractivity contribution in [1.29, 1.82) is 0 Å². The van der Waals surface area contributed by atoms with Gasteiger partial charge in [0.25, 0.3) is 0 Å². The van der Waals surface area contributed by atoms with Crippen LogP contribution >= 0.6 is 0 Å². The zero-order valence-corrected chi connectivity index (χ0v) is 80.0. The maximum absolute atomic E-state index is 14.3. The lowest BCUT2D eigenvalue weighted by Crippen LogP contribution is -2.52. The highest BCUT2D eigenvalue weighted by molar-refractivity contribution is 5.97. The molecule has 136 heavy (non-hydrogen) atoms. The summed E-state index contributed by atoms with van der Waals surface area (Å²) in [4.78, 5) is 130. The smallest absolute Gasteiger partial charge is 0.246 e. The fourth-order valence-corrected chi connectivity index (χ4v) is 21.7. The van der Waals surface area contributed by atoms with E-state index in [1.165, 1.54) is 62.0 Å². The Kier molecular flexibility index (Phi) is 28.1. The van der Waals surface area contributed by atoms with E-state index in [0.717, 1.165) is 145 Å². The zero-order valence-electron chi connectivity index (χ0n) is 80.0. The predicted molar refractivity (Wildman–Crippen MR) is 522 cm³/mol. The Morgan fingerprint density at radius 3 is 0.691 bits per heavy atom. The number of rotatable bonds is 25. The molecule has 726 valence electrons. The Morgan fingerprint density at radius 1 is 0.331 bits per heavy atom. The van der Waals surface area contributed by atoms with Gasteiger partial charge in [-0.05, 0) is 221 Å². The predicted octanol–water partition coefficient (Wildman–Crippen LogP) is 18.0. The Morgan fingerprint density at radius 2 is 0.515 bits per heavy atom. The molecule has 5 amide bonds. The number of amides is 5. The first kappa shape index (κ1) is 96.9. The summed E-state index contributed by atoms with van der Waals surface area (Å²) in [7, 11) is 0. The van der Waals surface area contributed by atoms with Gasteiger partial charge in [0.05, 0.1) is 26.9 Å². The Balaban J connectivity index is 0.000000123. The lowest BCUT2D eigenvalue weighted by Gasteiger charge is -2.41. The number of nitrogens with zero attached hydrogens (tertiary/aromatic N) is 15. The van der Waals surface area contributed by atoms with Crippen LogP contribution in [0.4, 0.5) is 51.0 Å². The van der Waals surface area contributed by atoms with E-state index in [9.17, 15) is 45.9 Å². The van der Waals surface area contributed by atoms with Crippen LogP contribution in [0.5, 0.6) is 0 Å². The van der Waals surface area contributed by atoms with Crippen LogP contribution in [0, 0.1) is 5.92 Å². The molecule has 10 N–H and O–H groups in total. The van der Waals surface area contributed by atoms with Gasteiger partial charge in [0.2, 0.25) is 29.5 Å². The van der Waals surface area contributed by atoms with Crippen molar-refractivity contribution < 1.29 is 45.9 Å². The molecule has 10 aromatic rings. The van der Waals surface area contributed by atoms with Gasteiger partial charge >= 0.3 is 0 Å². The third-order valence-corrected chi connectivity index (χ3v) is 30.3. The van der Waals surface area contributed by atoms with Gasteiger partial charge in [-0.25, -0.2) is 71.8 Å². The Hall–Kier alpha value is -12.2. The number of carbonyl (C=O) groups excluding carboxylic acids is 5. The van der Waals surface area contributed by atoms with Crippen molar-refractivity contribution in [3.63, 3.8) is 0 Å². The standard InChI is InChI=1S/C21H28FN5O.4C20H26FN5O/c1-5-17(28)27-10-13(6-7-16(27)12(2)3)26-20-18-14(15-8-21(15,4)22)9-23-19(18)24-11-25-20;4*1-4-13-7-6-12(10-26(13)16(27)5-2)25-19-17-14(15-8-20(15,3)21)9-22-18(17)23-11-24-19/h5,9,11-13,15-16H,1,6-8,10H2,2-4H3,(H2,23,24,25,26);4*5,9,11-13,15H,2,4,6-8,10H2,1,3H3,(H2,22,23,24,25)/t13-,15-,16-,21?;12?,13-,15+,20?;2*12-,13+,15+,20?;12-,13+,15-,20?/m01101/s1. The van der Waals surface area contributed by atoms with E-state index in [0.29, 0.717) is 128 Å². The molecule has 20 atom stereocenters. The molecule has 5 saturated carbocycles. The normalized spacial score (nSPS) is 30.2. The highest BCUT2D eigenvalue weighted by Gasteiger charge is 2.57. The molecule has 5 aliphatic heterocycles. The Bertz CT molecular complexity index is 5520. The molecule has 10 aliphatic rings. The molecule has 10 aromatic heterocycles. The molecule has 5 aliphatic carbocycles. The molecule has 15 heterocycles. The number of likely N-dealkylation sites (tertiary alicyclic amines) is 5. The summed E-state index contributed by atoms with van der Waals surface area (Å²) < 4.78 is 71.4. The number of piperidine rings is 5. The zero-order chi connectivity index (χ0) is 96.8. The van der Waals surface area contributed by atoms with Crippen molar-refractivity contribution in [3.05, 3.63) is 154 Å². The minimum atomic E-state index is -1.16. The van der Waals surface area contributed by atoms with Crippen molar-refractivity contribution in [2.45, 2.75) is 317 Å². The second-order valence-corrected chi connectivity index (χ2v) is 40.2. The van der Waals surface area contributed by atoms with Crippen LogP contribution in [0.1, 0.15) is 256 Å². The molecule has 0 spiro atoms. The lowest BCUT2D eigenvalue weighted by atomic mass is 9.90. The van der Waals surface area contributed by atoms with Crippen LogP contribution in [0.2, 0.25) is 0 Å². The van der Waals surface area contributed by atoms with Crippen LogP contribution in [0.3, 0.4) is 0 Å². The maximum Gasteiger partial charge on any atom is 0.246 e. The summed E-state index contributed by atoms with van der Waals surface area (Å²) in [6.07, 6.45) is 39.5. The van der Waals surface area contributed by atoms with Crippen molar-refractivity contribution in [2.24, 2.45) is 5.92 Å². The number of alkyl halides is 5. The number of aromatic amines is 5. The van der Waals surface area contributed by atoms with Gasteiger partial charge in [-0.1, -0.05) is 74.4 Å². The summed E-state index contributed by atoms with van der Waals surface area (Å²) in [5.41, 5.74) is 2.42. The van der Waals surface area contributed by atoms with E-state index in [1.807, 2.05) is 55.5 Å². The molecule has 0 aromatic carbocycles. The third kappa shape index (κ3) is 20.5. The number of halogens is 5. The number of nitrogens with one attached hydrogen (secondary N) is 10. The number of aromatic nitrogens is 15. The average Bonchev–Trinajstić information content (AvgIpc) is 1.60. The number of anilines is 5. The van der Waals surface area contributed by atoms with E-state index in [1.54, 1.807) is 34.6 Å². The highest BCUT2D eigenvalue weighted by Crippen LogP contribution is 2.61. The minimum Gasteiger partial charge on any atom is -0.365 e. The molecular formula is C101H132F5N25O5. The summed E-state index contributed by atoms with van der Waals surface area (Å²) >= 11 is 0. The van der Waals surface area contributed by atoms with E-state index in [4.69, 9.17) is 0 Å². The number of hydrogen-bond donors (Lipinski definition) is 10. The van der Waals surface area contributed by atoms with Gasteiger partial charge in [0.15, 0.2) is 0 Å². The van der Waals surface area contributed by atoms with Gasteiger partial charge in [-0.3, -0.25) is 24.0 Å². The molecule has 35 heteroatoms. The minimum absolute atomic E-state index is 0.0327. The van der Waals surface area contributed by atoms with Crippen LogP contribution in [0.25, 0.3) is 55.2 Å². The first-order chi connectivity index (χ1) is 65.1. The summed E-state index contributed by atoms with van der Waals surface area (Å²) in [5.74, 6) is 3.19. The molecule has 6 unspecified atom stereocenters. The number of hydrogen-bond acceptors (Lipinski definition) is 20. The fourth-order valence-electron chi connectivity index (χ4n) is 21.7. The quantitative estimate of drug-likeness (QED) is 0.0188. The van der Waals surface area contributed by atoms with Gasteiger partial charge in [0, 0.05) is 154 Å². The summed E-state index contributed by atoms with van der Waals surface area (Å²) in [5, 5.41) is 21.8. The lowest BCUT2D eigenvalue weighted by molar-refractivity contribution is -0.131.